The first-order chi connectivity index (χ1) is 9.24. The van der Waals surface area contributed by atoms with Crippen LogP contribution in [0.3, 0.4) is 0 Å². The van der Waals surface area contributed by atoms with Crippen LogP contribution >= 0.6 is 0 Å². The van der Waals surface area contributed by atoms with Crippen molar-refractivity contribution in [1.82, 2.24) is 10.0 Å². The maximum atomic E-state index is 11.2. The summed E-state index contributed by atoms with van der Waals surface area (Å²) in [6.07, 6.45) is 2.22. The lowest BCUT2D eigenvalue weighted by Crippen LogP contribution is -2.51. The molecule has 0 aromatic rings. The summed E-state index contributed by atoms with van der Waals surface area (Å²) in [6, 6.07) is -1.53. The summed E-state index contributed by atoms with van der Waals surface area (Å²) in [4.78, 5) is 22.2. The summed E-state index contributed by atoms with van der Waals surface area (Å²) in [6.45, 7) is 6.37. The normalized spacial score (nSPS) is 15.2. The van der Waals surface area contributed by atoms with Crippen LogP contribution in [0.25, 0.3) is 0 Å². The number of carbonyl (C=O) groups excluding carboxylic acids is 2. The zero-order valence-electron chi connectivity index (χ0n) is 12.6. The first-order valence-electron chi connectivity index (χ1n) is 6.89. The quantitative estimate of drug-likeness (QED) is 0.289. The molecule has 0 heterocycles. The van der Waals surface area contributed by atoms with E-state index in [1.165, 1.54) is 0 Å². The molecule has 0 spiro atoms. The molecule has 20 heavy (non-hydrogen) atoms. The second-order valence-electron chi connectivity index (χ2n) is 5.18. The average molecular weight is 288 g/mol. The van der Waals surface area contributed by atoms with E-state index in [1.54, 1.807) is 0 Å². The van der Waals surface area contributed by atoms with Crippen molar-refractivity contribution in [1.29, 1.82) is 0 Å². The maximum absolute atomic E-state index is 11.2. The molecule has 0 saturated carbocycles. The van der Waals surface area contributed by atoms with Gasteiger partial charge in [-0.05, 0) is 24.7 Å². The highest BCUT2D eigenvalue weighted by Crippen LogP contribution is 2.23. The van der Waals surface area contributed by atoms with Gasteiger partial charge in [0.05, 0.1) is 0 Å². The van der Waals surface area contributed by atoms with Crippen molar-refractivity contribution in [2.45, 2.75) is 46.1 Å². The van der Waals surface area contributed by atoms with Gasteiger partial charge in [-0.15, -0.1) is 0 Å². The van der Waals surface area contributed by atoms with Crippen molar-refractivity contribution < 1.29 is 9.59 Å². The third-order valence-electron chi connectivity index (χ3n) is 3.86. The van der Waals surface area contributed by atoms with Gasteiger partial charge in [0.2, 0.25) is 0 Å². The van der Waals surface area contributed by atoms with Crippen molar-refractivity contribution in [3.63, 3.8) is 0 Å². The Kier molecular flexibility index (Phi) is 7.93. The summed E-state index contributed by atoms with van der Waals surface area (Å²) in [5.74, 6) is 11.7. The van der Waals surface area contributed by atoms with Crippen LogP contribution in [0.2, 0.25) is 0 Å². The van der Waals surface area contributed by atoms with E-state index in [0.29, 0.717) is 25.3 Å². The number of amides is 4. The Balaban J connectivity index is 4.86. The molecule has 8 heteroatoms. The number of hydrogen-bond acceptors (Lipinski definition) is 4. The predicted molar refractivity (Wildman–Crippen MR) is 77.7 cm³/mol. The molecule has 4 amide bonds. The summed E-state index contributed by atoms with van der Waals surface area (Å²) in [5, 5.41) is 2.04. The number of nitrogens with zero attached hydrogens (tertiary/aromatic N) is 2. The van der Waals surface area contributed by atoms with Crippen molar-refractivity contribution in [3.05, 3.63) is 0 Å². The highest BCUT2D eigenvalue weighted by atomic mass is 16.2. The lowest BCUT2D eigenvalue weighted by molar-refractivity contribution is 0.138. The zero-order valence-corrected chi connectivity index (χ0v) is 12.6. The summed E-state index contributed by atoms with van der Waals surface area (Å²) >= 11 is 0. The molecule has 3 atom stereocenters. The average Bonchev–Trinajstić information content (AvgIpc) is 2.40. The summed E-state index contributed by atoms with van der Waals surface area (Å²) < 4.78 is 0. The minimum Gasteiger partial charge on any atom is -0.350 e. The van der Waals surface area contributed by atoms with Crippen LogP contribution in [0.4, 0.5) is 9.59 Å². The third kappa shape index (κ3) is 5.62. The Morgan fingerprint density at radius 3 is 1.95 bits per heavy atom. The fourth-order valence-electron chi connectivity index (χ4n) is 2.17. The predicted octanol–water partition coefficient (Wildman–Crippen LogP) is 0.326. The van der Waals surface area contributed by atoms with Crippen LogP contribution in [0.5, 0.6) is 0 Å². The summed E-state index contributed by atoms with van der Waals surface area (Å²) in [7, 11) is 0. The van der Waals surface area contributed by atoms with Gasteiger partial charge in [-0.3, -0.25) is 10.0 Å². The number of hydrazine groups is 2. The molecule has 8 nitrogen and oxygen atoms in total. The number of urea groups is 2. The molecule has 0 bridgehead atoms. The second-order valence-corrected chi connectivity index (χ2v) is 5.18. The number of hydrogen-bond donors (Lipinski definition) is 4. The minimum absolute atomic E-state index is 0.0906. The smallest absolute Gasteiger partial charge is 0.329 e. The Morgan fingerprint density at radius 2 is 1.60 bits per heavy atom. The molecule has 0 aromatic heterocycles. The first-order valence-corrected chi connectivity index (χ1v) is 6.89. The van der Waals surface area contributed by atoms with Gasteiger partial charge in [-0.2, -0.15) is 0 Å². The molecule has 8 N–H and O–H groups in total. The third-order valence-corrected chi connectivity index (χ3v) is 3.86. The molecule has 0 radical (unpaired) electrons. The van der Waals surface area contributed by atoms with Crippen LogP contribution < -0.4 is 23.2 Å². The van der Waals surface area contributed by atoms with Gasteiger partial charge in [-0.1, -0.05) is 27.2 Å². The monoisotopic (exact) mass is 288 g/mol. The SMILES string of the molecule is CCC(C)C(CC(CC)N(N)C(N)=O)CN(N)C(N)=O. The second kappa shape index (κ2) is 8.60. The highest BCUT2D eigenvalue weighted by Gasteiger charge is 2.26. The van der Waals surface area contributed by atoms with Gasteiger partial charge in [0.15, 0.2) is 0 Å². The molecular formula is C12H28N6O2. The van der Waals surface area contributed by atoms with Gasteiger partial charge in [-0.25, -0.2) is 21.3 Å². The van der Waals surface area contributed by atoms with Crippen molar-refractivity contribution in [3.8, 4) is 0 Å². The zero-order chi connectivity index (χ0) is 15.9. The molecular weight excluding hydrogens is 260 g/mol. The van der Waals surface area contributed by atoms with E-state index in [0.717, 1.165) is 16.4 Å². The molecule has 0 aromatic carbocycles. The van der Waals surface area contributed by atoms with Crippen LogP contribution in [-0.4, -0.2) is 34.7 Å². The van der Waals surface area contributed by atoms with Crippen molar-refractivity contribution >= 4 is 12.1 Å². The molecule has 0 fully saturated rings. The van der Waals surface area contributed by atoms with Gasteiger partial charge in [0.1, 0.15) is 0 Å². The molecule has 3 unspecified atom stereocenters. The van der Waals surface area contributed by atoms with E-state index >= 15 is 0 Å². The van der Waals surface area contributed by atoms with Crippen LogP contribution in [0, 0.1) is 11.8 Å². The Morgan fingerprint density at radius 1 is 1.05 bits per heavy atom. The maximum Gasteiger partial charge on any atom is 0.329 e. The van der Waals surface area contributed by atoms with E-state index in [4.69, 9.17) is 23.2 Å². The molecule has 0 rings (SSSR count). The van der Waals surface area contributed by atoms with Crippen LogP contribution in [-0.2, 0) is 0 Å². The minimum atomic E-state index is -0.675. The Bertz CT molecular complexity index is 325. The highest BCUT2D eigenvalue weighted by molar-refractivity contribution is 5.71. The standard InChI is InChI=1S/C12H28N6O2/c1-4-8(3)9(7-17(15)11(13)19)6-10(5-2)18(16)12(14)20/h8-10H,4-7,15-16H2,1-3H3,(H2,13,19)(H2,14,20). The number of carbonyl (C=O) groups is 2. The molecule has 0 aliphatic rings. The Labute approximate surface area is 120 Å². The van der Waals surface area contributed by atoms with Crippen LogP contribution in [0.1, 0.15) is 40.0 Å². The van der Waals surface area contributed by atoms with Gasteiger partial charge < -0.3 is 11.5 Å². The van der Waals surface area contributed by atoms with Crippen molar-refractivity contribution in [2.24, 2.45) is 35.0 Å². The van der Waals surface area contributed by atoms with E-state index in [1.807, 2.05) is 6.92 Å². The molecule has 0 aliphatic heterocycles. The van der Waals surface area contributed by atoms with Crippen LogP contribution in [0.15, 0.2) is 0 Å². The van der Waals surface area contributed by atoms with Crippen molar-refractivity contribution in [2.75, 3.05) is 6.54 Å². The Hall–Kier alpha value is -1.54. The lowest BCUT2D eigenvalue weighted by Gasteiger charge is -2.33. The number of primary amides is 2. The number of rotatable bonds is 8. The van der Waals surface area contributed by atoms with E-state index in [2.05, 4.69) is 13.8 Å². The topological polar surface area (TPSA) is 145 Å². The molecule has 118 valence electrons. The van der Waals surface area contributed by atoms with E-state index in [-0.39, 0.29) is 12.0 Å². The summed E-state index contributed by atoms with van der Waals surface area (Å²) in [5.41, 5.74) is 10.3. The fraction of sp³-hybridized carbons (Fsp3) is 0.833. The van der Waals surface area contributed by atoms with Gasteiger partial charge in [0, 0.05) is 12.6 Å². The van der Waals surface area contributed by atoms with E-state index < -0.39 is 12.1 Å². The molecule has 0 saturated heterocycles. The van der Waals surface area contributed by atoms with E-state index in [9.17, 15) is 9.59 Å². The first kappa shape index (κ1) is 18.5. The van der Waals surface area contributed by atoms with Gasteiger partial charge >= 0.3 is 12.1 Å². The molecule has 0 aliphatic carbocycles. The fourth-order valence-corrected chi connectivity index (χ4v) is 2.17. The number of nitrogens with two attached hydrogens (primary N) is 4. The lowest BCUT2D eigenvalue weighted by atomic mass is 9.85. The largest absolute Gasteiger partial charge is 0.350 e. The van der Waals surface area contributed by atoms with Gasteiger partial charge in [0.25, 0.3) is 0 Å².